The number of nitrogens with one attached hydrogen (secondary N) is 3. The Morgan fingerprint density at radius 3 is 2.56 bits per heavy atom. The van der Waals surface area contributed by atoms with Crippen molar-refractivity contribution in [1.82, 2.24) is 16.0 Å². The minimum atomic E-state index is -0.179. The molecular weight excluding hydrogens is 320 g/mol. The number of hydrogen-bond acceptors (Lipinski definition) is 4. The van der Waals surface area contributed by atoms with Gasteiger partial charge in [0.25, 0.3) is 5.91 Å². The molecule has 2 rings (SSSR count). The first-order valence-corrected chi connectivity index (χ1v) is 8.31. The molecule has 25 heavy (non-hydrogen) atoms. The van der Waals surface area contributed by atoms with Gasteiger partial charge in [0.05, 0.1) is 6.26 Å². The van der Waals surface area contributed by atoms with Gasteiger partial charge in [0, 0.05) is 38.2 Å². The minimum Gasteiger partial charge on any atom is -0.508 e. The van der Waals surface area contributed by atoms with E-state index >= 15 is 0 Å². The Balaban J connectivity index is 1.71. The molecule has 0 fully saturated rings. The van der Waals surface area contributed by atoms with Crippen LogP contribution in [0.4, 0.5) is 0 Å². The third-order valence-electron chi connectivity index (χ3n) is 3.38. The van der Waals surface area contributed by atoms with E-state index in [1.54, 1.807) is 18.4 Å². The molecule has 1 aromatic carbocycles. The number of benzene rings is 1. The molecule has 0 radical (unpaired) electrons. The third-order valence-corrected chi connectivity index (χ3v) is 3.38. The summed E-state index contributed by atoms with van der Waals surface area (Å²) in [7, 11) is 0. The molecule has 0 bridgehead atoms. The zero-order valence-corrected chi connectivity index (χ0v) is 14.3. The van der Waals surface area contributed by atoms with Crippen LogP contribution in [0.1, 0.15) is 23.0 Å². The Morgan fingerprint density at radius 1 is 1.12 bits per heavy atom. The van der Waals surface area contributed by atoms with Gasteiger partial charge in [-0.25, -0.2) is 0 Å². The zero-order valence-electron chi connectivity index (χ0n) is 14.3. The van der Waals surface area contributed by atoms with Gasteiger partial charge >= 0.3 is 0 Å². The first-order valence-electron chi connectivity index (χ1n) is 8.31. The first-order chi connectivity index (χ1) is 12.2. The Labute approximate surface area is 147 Å². The van der Waals surface area contributed by atoms with Crippen LogP contribution in [0.2, 0.25) is 0 Å². The molecule has 0 saturated heterocycles. The summed E-state index contributed by atoms with van der Waals surface area (Å²) in [6, 6.07) is 9.93. The Kier molecular flexibility index (Phi) is 7.37. The van der Waals surface area contributed by atoms with E-state index < -0.39 is 0 Å². The fourth-order valence-corrected chi connectivity index (χ4v) is 2.15. The average molecular weight is 344 g/mol. The molecule has 0 atom stereocenters. The smallest absolute Gasteiger partial charge is 0.251 e. The predicted octanol–water partition coefficient (Wildman–Crippen LogP) is 1.51. The van der Waals surface area contributed by atoms with Crippen LogP contribution in [0.5, 0.6) is 5.75 Å². The highest BCUT2D eigenvalue weighted by molar-refractivity contribution is 5.94. The number of furan rings is 1. The fourth-order valence-electron chi connectivity index (χ4n) is 2.15. The molecule has 0 unspecified atom stereocenters. The Morgan fingerprint density at radius 2 is 1.88 bits per heavy atom. The fraction of sp³-hybridized carbons (Fsp3) is 0.333. The highest BCUT2D eigenvalue weighted by atomic mass is 16.3. The van der Waals surface area contributed by atoms with Crippen LogP contribution in [0.3, 0.4) is 0 Å². The maximum Gasteiger partial charge on any atom is 0.251 e. The van der Waals surface area contributed by atoms with Gasteiger partial charge in [-0.1, -0.05) is 0 Å². The van der Waals surface area contributed by atoms with E-state index in [-0.39, 0.29) is 11.7 Å². The molecule has 0 aliphatic heterocycles. The van der Waals surface area contributed by atoms with Crippen molar-refractivity contribution < 1.29 is 14.3 Å². The van der Waals surface area contributed by atoms with Gasteiger partial charge in [-0.15, -0.1) is 0 Å². The lowest BCUT2D eigenvalue weighted by Crippen LogP contribution is -2.41. The van der Waals surface area contributed by atoms with Gasteiger partial charge < -0.3 is 25.5 Å². The third kappa shape index (κ3) is 6.58. The normalized spacial score (nSPS) is 11.2. The largest absolute Gasteiger partial charge is 0.508 e. The lowest BCUT2D eigenvalue weighted by molar-refractivity contribution is 0.0954. The number of aliphatic imine (C=N–C) groups is 1. The van der Waals surface area contributed by atoms with E-state index in [4.69, 9.17) is 4.42 Å². The number of amides is 1. The van der Waals surface area contributed by atoms with E-state index in [1.807, 2.05) is 19.1 Å². The van der Waals surface area contributed by atoms with Gasteiger partial charge in [0.1, 0.15) is 11.5 Å². The standard InChI is InChI=1S/C18H24N4O3/c1-2-19-18(21-10-9-16-4-3-13-25-16)22-12-11-20-17(24)14-5-7-15(23)8-6-14/h3-8,13,23H,2,9-12H2,1H3,(H,20,24)(H2,19,21,22). The number of carbonyl (C=O) groups excluding carboxylic acids is 1. The van der Waals surface area contributed by atoms with Gasteiger partial charge in [0.2, 0.25) is 0 Å². The van der Waals surface area contributed by atoms with Crippen LogP contribution in [0.15, 0.2) is 52.1 Å². The molecular formula is C18H24N4O3. The number of nitrogens with zero attached hydrogens (tertiary/aromatic N) is 1. The quantitative estimate of drug-likeness (QED) is 0.331. The molecule has 0 saturated carbocycles. The van der Waals surface area contributed by atoms with E-state index in [0.29, 0.717) is 31.2 Å². The van der Waals surface area contributed by atoms with Crippen molar-refractivity contribution in [1.29, 1.82) is 0 Å². The summed E-state index contributed by atoms with van der Waals surface area (Å²) in [6.45, 7) is 4.38. The highest BCUT2D eigenvalue weighted by Crippen LogP contribution is 2.09. The lowest BCUT2D eigenvalue weighted by Gasteiger charge is -2.11. The van der Waals surface area contributed by atoms with E-state index in [9.17, 15) is 9.90 Å². The van der Waals surface area contributed by atoms with Gasteiger partial charge in [-0.05, 0) is 43.3 Å². The summed E-state index contributed by atoms with van der Waals surface area (Å²) < 4.78 is 5.28. The van der Waals surface area contributed by atoms with Crippen molar-refractivity contribution in [2.45, 2.75) is 13.3 Å². The van der Waals surface area contributed by atoms with Gasteiger partial charge in [-0.3, -0.25) is 9.79 Å². The molecule has 0 aliphatic carbocycles. The van der Waals surface area contributed by atoms with Crippen molar-refractivity contribution in [3.8, 4) is 5.75 Å². The lowest BCUT2D eigenvalue weighted by atomic mass is 10.2. The SMILES string of the molecule is CCNC(=NCCc1ccco1)NCCNC(=O)c1ccc(O)cc1. The second-order valence-corrected chi connectivity index (χ2v) is 5.32. The minimum absolute atomic E-state index is 0.138. The van der Waals surface area contributed by atoms with E-state index in [1.165, 1.54) is 12.1 Å². The Hall–Kier alpha value is -2.96. The maximum atomic E-state index is 12.0. The van der Waals surface area contributed by atoms with Crippen LogP contribution in [-0.4, -0.2) is 43.2 Å². The van der Waals surface area contributed by atoms with Gasteiger partial charge in [-0.2, -0.15) is 0 Å². The van der Waals surface area contributed by atoms with Crippen molar-refractivity contribution in [3.05, 3.63) is 54.0 Å². The molecule has 4 N–H and O–H groups in total. The second-order valence-electron chi connectivity index (χ2n) is 5.32. The summed E-state index contributed by atoms with van der Waals surface area (Å²) in [5.41, 5.74) is 0.511. The van der Waals surface area contributed by atoms with E-state index in [2.05, 4.69) is 20.9 Å². The number of aromatic hydroxyl groups is 1. The van der Waals surface area contributed by atoms with Gasteiger partial charge in [0.15, 0.2) is 5.96 Å². The molecule has 7 heteroatoms. The first kappa shape index (κ1) is 18.4. The average Bonchev–Trinajstić information content (AvgIpc) is 3.12. The zero-order chi connectivity index (χ0) is 17.9. The number of phenolic OH excluding ortho intramolecular Hbond substituents is 1. The van der Waals surface area contributed by atoms with E-state index in [0.717, 1.165) is 18.7 Å². The Bertz CT molecular complexity index is 666. The van der Waals surface area contributed by atoms with Crippen molar-refractivity contribution in [2.75, 3.05) is 26.2 Å². The maximum absolute atomic E-state index is 12.0. The van der Waals surface area contributed by atoms with Crippen LogP contribution >= 0.6 is 0 Å². The topological polar surface area (TPSA) is 98.9 Å². The molecule has 0 aliphatic rings. The number of phenols is 1. The molecule has 1 amide bonds. The summed E-state index contributed by atoms with van der Waals surface area (Å²) in [4.78, 5) is 16.4. The molecule has 1 aromatic heterocycles. The molecule has 134 valence electrons. The number of rotatable bonds is 8. The molecule has 1 heterocycles. The van der Waals surface area contributed by atoms with Crippen molar-refractivity contribution in [2.24, 2.45) is 4.99 Å². The predicted molar refractivity (Wildman–Crippen MR) is 96.8 cm³/mol. The highest BCUT2D eigenvalue weighted by Gasteiger charge is 2.04. The monoisotopic (exact) mass is 344 g/mol. The molecule has 0 spiro atoms. The van der Waals surface area contributed by atoms with Crippen LogP contribution in [-0.2, 0) is 6.42 Å². The van der Waals surface area contributed by atoms with Crippen LogP contribution in [0.25, 0.3) is 0 Å². The van der Waals surface area contributed by atoms with Crippen molar-refractivity contribution >= 4 is 11.9 Å². The molecule has 2 aromatic rings. The second kappa shape index (κ2) is 10.0. The van der Waals surface area contributed by atoms with Crippen molar-refractivity contribution in [3.63, 3.8) is 0 Å². The number of hydrogen-bond donors (Lipinski definition) is 4. The summed E-state index contributed by atoms with van der Waals surface area (Å²) in [5.74, 6) is 1.56. The number of carbonyl (C=O) groups is 1. The van der Waals surface area contributed by atoms with Crippen LogP contribution < -0.4 is 16.0 Å². The summed E-state index contributed by atoms with van der Waals surface area (Å²) in [5, 5.41) is 18.4. The van der Waals surface area contributed by atoms with Crippen LogP contribution in [0, 0.1) is 0 Å². The molecule has 7 nitrogen and oxygen atoms in total. The summed E-state index contributed by atoms with van der Waals surface area (Å²) in [6.07, 6.45) is 2.39. The summed E-state index contributed by atoms with van der Waals surface area (Å²) >= 11 is 0. The number of guanidine groups is 1.